The molecule has 0 bridgehead atoms. The summed E-state index contributed by atoms with van der Waals surface area (Å²) >= 11 is 1.21. The van der Waals surface area contributed by atoms with Gasteiger partial charge in [-0.3, -0.25) is 4.79 Å². The second kappa shape index (κ2) is 2.51. The van der Waals surface area contributed by atoms with Crippen molar-refractivity contribution in [3.8, 4) is 0 Å². The molecule has 0 saturated carbocycles. The molecular formula is C5H8N2O2S. The Balaban J connectivity index is 2.70. The predicted molar refractivity (Wildman–Crippen MR) is 38.8 cm³/mol. The van der Waals surface area contributed by atoms with Gasteiger partial charge in [0.2, 0.25) is 0 Å². The molecule has 1 rings (SSSR count). The number of amides is 1. The molecule has 1 heterocycles. The van der Waals surface area contributed by atoms with Gasteiger partial charge in [0.25, 0.3) is 11.0 Å². The molecule has 3 N–H and O–H groups in total. The summed E-state index contributed by atoms with van der Waals surface area (Å²) in [5.41, 5.74) is 5.06. The van der Waals surface area contributed by atoms with E-state index in [-0.39, 0.29) is 0 Å². The highest BCUT2D eigenvalue weighted by atomic mass is 32.2. The molecule has 56 valence electrons. The van der Waals surface area contributed by atoms with Crippen LogP contribution in [0.4, 0.5) is 0 Å². The third-order valence-electron chi connectivity index (χ3n) is 1.19. The molecule has 0 fully saturated rings. The van der Waals surface area contributed by atoms with E-state index in [1.807, 2.05) is 0 Å². The topological polar surface area (TPSA) is 64.3 Å². The molecule has 1 unspecified atom stereocenters. The van der Waals surface area contributed by atoms with Crippen molar-refractivity contribution in [1.82, 2.24) is 5.32 Å². The molecule has 1 atom stereocenters. The van der Waals surface area contributed by atoms with Crippen molar-refractivity contribution in [2.45, 2.75) is 5.06 Å². The first-order valence-electron chi connectivity index (χ1n) is 2.67. The SMILES string of the molecule is COC1(C(N)=O)NC=CS1. The lowest BCUT2D eigenvalue weighted by atomic mass is 10.5. The summed E-state index contributed by atoms with van der Waals surface area (Å²) in [7, 11) is 1.43. The van der Waals surface area contributed by atoms with Crippen LogP contribution < -0.4 is 11.1 Å². The van der Waals surface area contributed by atoms with Gasteiger partial charge in [-0.2, -0.15) is 0 Å². The predicted octanol–water partition coefficient (Wildman–Crippen LogP) is -0.420. The number of carbonyl (C=O) groups is 1. The zero-order valence-electron chi connectivity index (χ0n) is 5.46. The largest absolute Gasteiger partial charge is 0.365 e. The van der Waals surface area contributed by atoms with Crippen LogP contribution in [-0.2, 0) is 9.53 Å². The van der Waals surface area contributed by atoms with Crippen LogP contribution in [0.15, 0.2) is 11.6 Å². The molecule has 1 amide bonds. The molecule has 10 heavy (non-hydrogen) atoms. The summed E-state index contributed by atoms with van der Waals surface area (Å²) < 4.78 is 4.88. The molecule has 0 aromatic heterocycles. The second-order valence-corrected chi connectivity index (χ2v) is 2.83. The highest BCUT2D eigenvalue weighted by Crippen LogP contribution is 2.28. The van der Waals surface area contributed by atoms with Crippen molar-refractivity contribution >= 4 is 17.7 Å². The molecule has 4 nitrogen and oxygen atoms in total. The number of primary amides is 1. The highest BCUT2D eigenvalue weighted by Gasteiger charge is 2.38. The van der Waals surface area contributed by atoms with Gasteiger partial charge in [0.05, 0.1) is 0 Å². The fourth-order valence-corrected chi connectivity index (χ4v) is 1.32. The lowest BCUT2D eigenvalue weighted by Gasteiger charge is -2.22. The van der Waals surface area contributed by atoms with E-state index in [2.05, 4.69) is 5.32 Å². The molecule has 5 heteroatoms. The summed E-state index contributed by atoms with van der Waals surface area (Å²) in [5, 5.41) is 3.35. The minimum Gasteiger partial charge on any atom is -0.365 e. The third kappa shape index (κ3) is 0.975. The standard InChI is InChI=1S/C5H8N2O2S/c1-9-5(4(6)8)7-2-3-10-5/h2-3,7H,1H3,(H2,6,8). The number of methoxy groups -OCH3 is 1. The van der Waals surface area contributed by atoms with E-state index in [1.165, 1.54) is 18.9 Å². The van der Waals surface area contributed by atoms with Crippen molar-refractivity contribution in [3.63, 3.8) is 0 Å². The number of hydrogen-bond acceptors (Lipinski definition) is 4. The number of hydrogen-bond donors (Lipinski definition) is 2. The minimum atomic E-state index is -1.07. The van der Waals surface area contributed by atoms with Crippen LogP contribution in [0.3, 0.4) is 0 Å². The summed E-state index contributed by atoms with van der Waals surface area (Å²) in [5.74, 6) is -0.523. The smallest absolute Gasteiger partial charge is 0.282 e. The van der Waals surface area contributed by atoms with Crippen molar-refractivity contribution in [2.75, 3.05) is 7.11 Å². The maximum atomic E-state index is 10.7. The van der Waals surface area contributed by atoms with Gasteiger partial charge in [0, 0.05) is 13.3 Å². The normalized spacial score (nSPS) is 30.1. The summed E-state index contributed by atoms with van der Waals surface area (Å²) in [6, 6.07) is 0. The van der Waals surface area contributed by atoms with E-state index in [9.17, 15) is 4.79 Å². The van der Waals surface area contributed by atoms with Gasteiger partial charge in [-0.05, 0) is 5.41 Å². The van der Waals surface area contributed by atoms with Crippen LogP contribution in [0, 0.1) is 0 Å². The number of nitrogens with one attached hydrogen (secondary N) is 1. The number of rotatable bonds is 2. The van der Waals surface area contributed by atoms with E-state index in [4.69, 9.17) is 10.5 Å². The lowest BCUT2D eigenvalue weighted by molar-refractivity contribution is -0.131. The van der Waals surface area contributed by atoms with Crippen LogP contribution >= 0.6 is 11.8 Å². The maximum Gasteiger partial charge on any atom is 0.282 e. The van der Waals surface area contributed by atoms with E-state index < -0.39 is 11.0 Å². The van der Waals surface area contributed by atoms with Gasteiger partial charge in [0.1, 0.15) is 0 Å². The van der Waals surface area contributed by atoms with Gasteiger partial charge in [0.15, 0.2) is 0 Å². The molecule has 0 aromatic carbocycles. The van der Waals surface area contributed by atoms with Gasteiger partial charge < -0.3 is 15.8 Å². The van der Waals surface area contributed by atoms with E-state index in [1.54, 1.807) is 11.6 Å². The monoisotopic (exact) mass is 160 g/mol. The van der Waals surface area contributed by atoms with Gasteiger partial charge in [-0.1, -0.05) is 11.8 Å². The average molecular weight is 160 g/mol. The van der Waals surface area contributed by atoms with Gasteiger partial charge >= 0.3 is 0 Å². The number of nitrogens with two attached hydrogens (primary N) is 1. The third-order valence-corrected chi connectivity index (χ3v) is 2.28. The van der Waals surface area contributed by atoms with Crippen LogP contribution in [0.25, 0.3) is 0 Å². The molecule has 1 aliphatic rings. The van der Waals surface area contributed by atoms with Gasteiger partial charge in [-0.25, -0.2) is 0 Å². The number of ether oxygens (including phenoxy) is 1. The molecule has 0 saturated heterocycles. The fraction of sp³-hybridized carbons (Fsp3) is 0.400. The zero-order chi connectivity index (χ0) is 7.61. The van der Waals surface area contributed by atoms with E-state index >= 15 is 0 Å². The van der Waals surface area contributed by atoms with Crippen LogP contribution in [0.1, 0.15) is 0 Å². The Bertz CT molecular complexity index is 172. The van der Waals surface area contributed by atoms with Crippen LogP contribution in [-0.4, -0.2) is 18.1 Å². The molecule has 1 aliphatic heterocycles. The molecule has 0 aromatic rings. The number of thioether (sulfide) groups is 1. The Labute approximate surface area is 62.8 Å². The zero-order valence-corrected chi connectivity index (χ0v) is 6.27. The van der Waals surface area contributed by atoms with E-state index in [0.29, 0.717) is 0 Å². The lowest BCUT2D eigenvalue weighted by Crippen LogP contribution is -2.49. The first-order valence-corrected chi connectivity index (χ1v) is 3.55. The Morgan fingerprint density at radius 3 is 2.80 bits per heavy atom. The van der Waals surface area contributed by atoms with Crippen molar-refractivity contribution in [3.05, 3.63) is 11.6 Å². The molecular weight excluding hydrogens is 152 g/mol. The van der Waals surface area contributed by atoms with Crippen molar-refractivity contribution in [2.24, 2.45) is 5.73 Å². The molecule has 0 aliphatic carbocycles. The van der Waals surface area contributed by atoms with Crippen LogP contribution in [0.5, 0.6) is 0 Å². The van der Waals surface area contributed by atoms with Crippen LogP contribution in [0.2, 0.25) is 0 Å². The Morgan fingerprint density at radius 1 is 1.90 bits per heavy atom. The first-order chi connectivity index (χ1) is 4.71. The molecule has 0 spiro atoms. The average Bonchev–Trinajstić information content (AvgIpc) is 2.35. The Kier molecular flexibility index (Phi) is 1.87. The second-order valence-electron chi connectivity index (χ2n) is 1.75. The van der Waals surface area contributed by atoms with Gasteiger partial charge in [-0.15, -0.1) is 0 Å². The summed E-state index contributed by atoms with van der Waals surface area (Å²) in [6.45, 7) is 0. The fourth-order valence-electron chi connectivity index (χ4n) is 0.644. The molecule has 0 radical (unpaired) electrons. The maximum absolute atomic E-state index is 10.7. The van der Waals surface area contributed by atoms with Crippen molar-refractivity contribution < 1.29 is 9.53 Å². The Morgan fingerprint density at radius 2 is 2.60 bits per heavy atom. The van der Waals surface area contributed by atoms with Crippen molar-refractivity contribution in [1.29, 1.82) is 0 Å². The summed E-state index contributed by atoms with van der Waals surface area (Å²) in [6.07, 6.45) is 1.62. The number of carbonyl (C=O) groups excluding carboxylic acids is 1. The highest BCUT2D eigenvalue weighted by molar-refractivity contribution is 8.04. The quantitative estimate of drug-likeness (QED) is 0.576. The minimum absolute atomic E-state index is 0.523. The summed E-state index contributed by atoms with van der Waals surface area (Å²) in [4.78, 5) is 10.7. The Hall–Kier alpha value is -0.680. The first kappa shape index (κ1) is 7.43. The van der Waals surface area contributed by atoms with E-state index in [0.717, 1.165) is 0 Å².